The first-order valence-corrected chi connectivity index (χ1v) is 10.6. The van der Waals surface area contributed by atoms with E-state index in [1.807, 2.05) is 36.4 Å². The fourth-order valence-corrected chi connectivity index (χ4v) is 2.78. The Balaban J connectivity index is 1.80. The summed E-state index contributed by atoms with van der Waals surface area (Å²) in [6.07, 6.45) is -0.646. The third kappa shape index (κ3) is 8.41. The van der Waals surface area contributed by atoms with Crippen molar-refractivity contribution in [1.29, 1.82) is 0 Å². The minimum Gasteiger partial charge on any atom is -0.444 e. The molecule has 0 saturated carbocycles. The molecule has 2 rings (SSSR count). The van der Waals surface area contributed by atoms with Crippen LogP contribution in [0.4, 0.5) is 10.5 Å². The lowest BCUT2D eigenvalue weighted by molar-refractivity contribution is -0.115. The molecule has 32 heavy (non-hydrogen) atoms. The number of rotatable bonds is 6. The van der Waals surface area contributed by atoms with E-state index >= 15 is 0 Å². The lowest BCUT2D eigenvalue weighted by Crippen LogP contribution is -2.37. The normalized spacial score (nSPS) is 11.4. The zero-order chi connectivity index (χ0) is 23.9. The van der Waals surface area contributed by atoms with Gasteiger partial charge >= 0.3 is 6.09 Å². The second-order valence-corrected chi connectivity index (χ2v) is 9.61. The number of ether oxygens (including phenoxy) is 1. The number of carbonyl (C=O) groups is 3. The Hall–Kier alpha value is -3.35. The minimum absolute atomic E-state index is 0.0396. The van der Waals surface area contributed by atoms with Crippen molar-refractivity contribution in [2.24, 2.45) is 0 Å². The maximum absolute atomic E-state index is 12.4. The number of hydrogen-bond acceptors (Lipinski definition) is 4. The van der Waals surface area contributed by atoms with Crippen LogP contribution in [0.5, 0.6) is 0 Å². The first kappa shape index (κ1) is 24.9. The molecular weight excluding hydrogens is 406 g/mol. The van der Waals surface area contributed by atoms with Gasteiger partial charge in [-0.1, -0.05) is 45.0 Å². The summed E-state index contributed by atoms with van der Waals surface area (Å²) in [5.74, 6) is -0.508. The first-order valence-electron chi connectivity index (χ1n) is 10.6. The molecular formula is C25H33N3O4. The molecule has 0 aliphatic heterocycles. The van der Waals surface area contributed by atoms with Gasteiger partial charge in [-0.3, -0.25) is 9.59 Å². The molecule has 172 valence electrons. The highest BCUT2D eigenvalue weighted by Gasteiger charge is 2.17. The Labute approximate surface area is 189 Å². The summed E-state index contributed by atoms with van der Waals surface area (Å²) in [6, 6.07) is 14.7. The molecule has 0 radical (unpaired) electrons. The third-order valence-electron chi connectivity index (χ3n) is 4.50. The van der Waals surface area contributed by atoms with Crippen molar-refractivity contribution in [3.63, 3.8) is 0 Å². The third-order valence-corrected chi connectivity index (χ3v) is 4.50. The van der Waals surface area contributed by atoms with E-state index in [-0.39, 0.29) is 23.8 Å². The molecule has 0 aromatic heterocycles. The van der Waals surface area contributed by atoms with Crippen LogP contribution in [-0.4, -0.2) is 30.1 Å². The quantitative estimate of drug-likeness (QED) is 0.622. The van der Waals surface area contributed by atoms with Crippen LogP contribution in [0.25, 0.3) is 0 Å². The fraction of sp³-hybridized carbons (Fsp3) is 0.400. The second kappa shape index (κ2) is 10.3. The first-order chi connectivity index (χ1) is 14.8. The summed E-state index contributed by atoms with van der Waals surface area (Å²) in [7, 11) is 0. The van der Waals surface area contributed by atoms with Crippen LogP contribution in [-0.2, 0) is 21.5 Å². The van der Waals surface area contributed by atoms with E-state index in [1.54, 1.807) is 32.9 Å². The van der Waals surface area contributed by atoms with E-state index in [1.165, 1.54) is 5.56 Å². The van der Waals surface area contributed by atoms with Gasteiger partial charge in [0.2, 0.25) is 5.91 Å². The van der Waals surface area contributed by atoms with Crippen molar-refractivity contribution in [2.45, 2.75) is 59.1 Å². The minimum atomic E-state index is -0.646. The predicted molar refractivity (Wildman–Crippen MR) is 126 cm³/mol. The van der Waals surface area contributed by atoms with Crippen molar-refractivity contribution in [1.82, 2.24) is 10.6 Å². The van der Waals surface area contributed by atoms with Gasteiger partial charge in [0, 0.05) is 17.8 Å². The Bertz CT molecular complexity index is 937. The maximum Gasteiger partial charge on any atom is 0.408 e. The van der Waals surface area contributed by atoms with Crippen molar-refractivity contribution >= 4 is 23.6 Å². The van der Waals surface area contributed by atoms with E-state index in [4.69, 9.17) is 4.74 Å². The van der Waals surface area contributed by atoms with E-state index in [9.17, 15) is 14.4 Å². The van der Waals surface area contributed by atoms with Gasteiger partial charge in [0.05, 0.1) is 0 Å². The van der Waals surface area contributed by atoms with Crippen LogP contribution < -0.4 is 16.0 Å². The molecule has 0 saturated heterocycles. The molecule has 0 fully saturated rings. The van der Waals surface area contributed by atoms with Crippen molar-refractivity contribution in [3.05, 3.63) is 65.2 Å². The molecule has 0 aliphatic carbocycles. The number of nitrogens with one attached hydrogen (secondary N) is 3. The van der Waals surface area contributed by atoms with Gasteiger partial charge in [-0.25, -0.2) is 4.79 Å². The molecule has 3 amide bonds. The van der Waals surface area contributed by atoms with E-state index < -0.39 is 11.7 Å². The van der Waals surface area contributed by atoms with E-state index in [2.05, 4.69) is 36.7 Å². The highest BCUT2D eigenvalue weighted by molar-refractivity contribution is 5.94. The summed E-state index contributed by atoms with van der Waals surface area (Å²) in [5, 5.41) is 8.01. The molecule has 0 spiro atoms. The van der Waals surface area contributed by atoms with Crippen LogP contribution in [0.2, 0.25) is 0 Å². The Morgan fingerprint density at radius 2 is 1.41 bits per heavy atom. The maximum atomic E-state index is 12.4. The molecule has 0 bridgehead atoms. The van der Waals surface area contributed by atoms with Crippen molar-refractivity contribution < 1.29 is 19.1 Å². The average Bonchev–Trinajstić information content (AvgIpc) is 2.70. The predicted octanol–water partition coefficient (Wildman–Crippen LogP) is 4.38. The molecule has 0 aliphatic rings. The highest BCUT2D eigenvalue weighted by Crippen LogP contribution is 2.22. The zero-order valence-corrected chi connectivity index (χ0v) is 19.7. The van der Waals surface area contributed by atoms with Crippen LogP contribution in [0.1, 0.15) is 63.0 Å². The Morgan fingerprint density at radius 1 is 0.812 bits per heavy atom. The highest BCUT2D eigenvalue weighted by atomic mass is 16.6. The summed E-state index contributed by atoms with van der Waals surface area (Å²) in [4.78, 5) is 36.0. The molecule has 7 heteroatoms. The van der Waals surface area contributed by atoms with Crippen LogP contribution in [0.3, 0.4) is 0 Å². The SMILES string of the molecule is CC(C)(C)OC(=O)NCC(=O)Nc1ccc(CNC(=O)c2ccc(C(C)(C)C)cc2)cc1. The number of carbonyl (C=O) groups excluding carboxylic acids is 3. The summed E-state index contributed by atoms with van der Waals surface area (Å²) < 4.78 is 5.09. The lowest BCUT2D eigenvalue weighted by atomic mass is 9.87. The number of anilines is 1. The Kier molecular flexibility index (Phi) is 8.02. The number of hydrogen-bond donors (Lipinski definition) is 3. The van der Waals surface area contributed by atoms with Gasteiger partial charge in [-0.15, -0.1) is 0 Å². The second-order valence-electron chi connectivity index (χ2n) is 9.61. The summed E-state index contributed by atoms with van der Waals surface area (Å²) in [6.45, 7) is 11.8. The topological polar surface area (TPSA) is 96.5 Å². The van der Waals surface area contributed by atoms with Crippen molar-refractivity contribution in [2.75, 3.05) is 11.9 Å². The number of benzene rings is 2. The standard InChI is InChI=1S/C25H33N3O4/c1-24(2,3)19-11-9-18(10-12-19)22(30)26-15-17-7-13-20(14-8-17)28-21(29)16-27-23(31)32-25(4,5)6/h7-14H,15-16H2,1-6H3,(H,26,30)(H,27,31)(H,28,29). The van der Waals surface area contributed by atoms with Gasteiger partial charge < -0.3 is 20.7 Å². The van der Waals surface area contributed by atoms with Crippen LogP contribution in [0.15, 0.2) is 48.5 Å². The molecule has 2 aromatic carbocycles. The molecule has 2 aromatic rings. The Morgan fingerprint density at radius 3 is 1.94 bits per heavy atom. The summed E-state index contributed by atoms with van der Waals surface area (Å²) in [5.41, 5.74) is 2.69. The van der Waals surface area contributed by atoms with E-state index in [0.717, 1.165) is 5.56 Å². The summed E-state index contributed by atoms with van der Waals surface area (Å²) >= 11 is 0. The lowest BCUT2D eigenvalue weighted by Gasteiger charge is -2.19. The van der Waals surface area contributed by atoms with E-state index in [0.29, 0.717) is 17.8 Å². The fourth-order valence-electron chi connectivity index (χ4n) is 2.78. The van der Waals surface area contributed by atoms with Gasteiger partial charge in [-0.05, 0) is 61.6 Å². The smallest absolute Gasteiger partial charge is 0.408 e. The number of alkyl carbamates (subject to hydrolysis) is 1. The van der Waals surface area contributed by atoms with Crippen molar-refractivity contribution in [3.8, 4) is 0 Å². The molecule has 3 N–H and O–H groups in total. The zero-order valence-electron chi connectivity index (χ0n) is 19.7. The number of amides is 3. The average molecular weight is 440 g/mol. The van der Waals surface area contributed by atoms with Gasteiger partial charge in [0.25, 0.3) is 5.91 Å². The van der Waals surface area contributed by atoms with Gasteiger partial charge in [0.1, 0.15) is 12.1 Å². The largest absolute Gasteiger partial charge is 0.444 e. The van der Waals surface area contributed by atoms with Crippen LogP contribution >= 0.6 is 0 Å². The monoisotopic (exact) mass is 439 g/mol. The molecule has 7 nitrogen and oxygen atoms in total. The molecule has 0 heterocycles. The van der Waals surface area contributed by atoms with Crippen LogP contribution in [0, 0.1) is 0 Å². The molecule has 0 unspecified atom stereocenters. The van der Waals surface area contributed by atoms with Gasteiger partial charge in [0.15, 0.2) is 0 Å². The molecule has 0 atom stereocenters. The van der Waals surface area contributed by atoms with Gasteiger partial charge in [-0.2, -0.15) is 0 Å².